The van der Waals surface area contributed by atoms with Gasteiger partial charge in [0, 0.05) is 6.07 Å². The summed E-state index contributed by atoms with van der Waals surface area (Å²) < 4.78 is 50.6. The van der Waals surface area contributed by atoms with Crippen molar-refractivity contribution < 1.29 is 37.0 Å². The molecule has 0 aliphatic heterocycles. The van der Waals surface area contributed by atoms with Gasteiger partial charge in [-0.05, 0) is 36.4 Å². The average Bonchev–Trinajstić information content (AvgIpc) is 2.80. The maximum Gasteiger partial charge on any atom is 0.342 e. The summed E-state index contributed by atoms with van der Waals surface area (Å²) in [4.78, 5) is 36.3. The van der Waals surface area contributed by atoms with E-state index in [4.69, 9.17) is 9.47 Å². The highest BCUT2D eigenvalue weighted by Gasteiger charge is 2.17. The molecule has 0 saturated heterocycles. The number of carbonyl (C=O) groups excluding carboxylic acids is 3. The molecular weight excluding hydrogens is 441 g/mol. The predicted molar refractivity (Wildman–Crippen MR) is 112 cm³/mol. The Morgan fingerprint density at radius 2 is 1.36 bits per heavy atom. The molecule has 0 atom stereocenters. The van der Waals surface area contributed by atoms with E-state index in [9.17, 15) is 27.6 Å². The lowest BCUT2D eigenvalue weighted by atomic mass is 10.2. The van der Waals surface area contributed by atoms with E-state index in [1.54, 1.807) is 12.1 Å². The summed E-state index contributed by atoms with van der Waals surface area (Å²) in [5.74, 6) is -4.75. The molecule has 3 rings (SSSR count). The normalized spacial score (nSPS) is 10.3. The third kappa shape index (κ3) is 6.57. The number of para-hydroxylation sites is 2. The van der Waals surface area contributed by atoms with Gasteiger partial charge in [-0.2, -0.15) is 0 Å². The van der Waals surface area contributed by atoms with Crippen LogP contribution < -0.4 is 15.4 Å². The maximum absolute atomic E-state index is 13.6. The van der Waals surface area contributed by atoms with Crippen LogP contribution in [-0.2, 0) is 14.3 Å². The Hall–Kier alpha value is -4.34. The monoisotopic (exact) mass is 458 g/mol. The highest BCUT2D eigenvalue weighted by Crippen LogP contribution is 2.20. The number of carbonyl (C=O) groups is 3. The summed E-state index contributed by atoms with van der Waals surface area (Å²) in [5, 5.41) is 4.43. The third-order valence-corrected chi connectivity index (χ3v) is 4.15. The summed E-state index contributed by atoms with van der Waals surface area (Å²) in [6.07, 6.45) is 0. The number of hydrogen-bond donors (Lipinski definition) is 2. The lowest BCUT2D eigenvalue weighted by Gasteiger charge is -2.12. The van der Waals surface area contributed by atoms with Gasteiger partial charge >= 0.3 is 5.97 Å². The van der Waals surface area contributed by atoms with Gasteiger partial charge in [-0.25, -0.2) is 18.0 Å². The van der Waals surface area contributed by atoms with E-state index < -0.39 is 54.1 Å². The highest BCUT2D eigenvalue weighted by atomic mass is 19.1. The molecule has 0 aliphatic rings. The van der Waals surface area contributed by atoms with Crippen LogP contribution in [0.2, 0.25) is 0 Å². The zero-order chi connectivity index (χ0) is 23.8. The third-order valence-electron chi connectivity index (χ3n) is 4.15. The van der Waals surface area contributed by atoms with E-state index >= 15 is 0 Å². The van der Waals surface area contributed by atoms with Crippen LogP contribution in [0.5, 0.6) is 5.75 Å². The minimum absolute atomic E-state index is 0.0113. The quantitative estimate of drug-likeness (QED) is 0.499. The molecule has 33 heavy (non-hydrogen) atoms. The summed E-state index contributed by atoms with van der Waals surface area (Å²) in [5.41, 5.74) is -0.513. The van der Waals surface area contributed by atoms with E-state index in [2.05, 4.69) is 10.6 Å². The van der Waals surface area contributed by atoms with E-state index in [1.807, 2.05) is 0 Å². The van der Waals surface area contributed by atoms with Crippen LogP contribution in [0.25, 0.3) is 0 Å². The lowest BCUT2D eigenvalue weighted by Crippen LogP contribution is -2.23. The summed E-state index contributed by atoms with van der Waals surface area (Å²) in [6, 6.07) is 13.9. The molecular formula is C23H17F3N2O5. The predicted octanol–water partition coefficient (Wildman–Crippen LogP) is 3.92. The molecule has 3 aromatic carbocycles. The first kappa shape index (κ1) is 23.3. The number of halogens is 3. The van der Waals surface area contributed by atoms with Gasteiger partial charge in [0.25, 0.3) is 11.8 Å². The molecule has 10 heteroatoms. The Kier molecular flexibility index (Phi) is 7.64. The lowest BCUT2D eigenvalue weighted by molar-refractivity contribution is -0.119. The maximum atomic E-state index is 13.6. The largest absolute Gasteiger partial charge is 0.483 e. The molecule has 0 saturated carbocycles. The Morgan fingerprint density at radius 3 is 2.15 bits per heavy atom. The van der Waals surface area contributed by atoms with Crippen molar-refractivity contribution in [2.24, 2.45) is 0 Å². The minimum atomic E-state index is -0.949. The average molecular weight is 458 g/mol. The van der Waals surface area contributed by atoms with Crippen LogP contribution >= 0.6 is 0 Å². The van der Waals surface area contributed by atoms with Crippen molar-refractivity contribution in [2.75, 3.05) is 23.8 Å². The Bertz CT molecular complexity index is 1190. The number of rotatable bonds is 8. The zero-order valence-corrected chi connectivity index (χ0v) is 16.9. The minimum Gasteiger partial charge on any atom is -0.483 e. The molecule has 0 spiro atoms. The number of esters is 1. The van der Waals surface area contributed by atoms with Gasteiger partial charge < -0.3 is 20.1 Å². The number of amides is 2. The van der Waals surface area contributed by atoms with Crippen LogP contribution in [0.4, 0.5) is 24.5 Å². The first-order valence-electron chi connectivity index (χ1n) is 9.51. The van der Waals surface area contributed by atoms with Crippen molar-refractivity contribution in [3.8, 4) is 5.75 Å². The Balaban J connectivity index is 1.56. The van der Waals surface area contributed by atoms with Crippen LogP contribution in [0.1, 0.15) is 10.4 Å². The second-order valence-electron chi connectivity index (χ2n) is 6.56. The first-order valence-corrected chi connectivity index (χ1v) is 9.51. The van der Waals surface area contributed by atoms with Gasteiger partial charge in [0.1, 0.15) is 28.8 Å². The molecule has 0 radical (unpaired) electrons. The fraction of sp³-hybridized carbons (Fsp3) is 0.0870. The van der Waals surface area contributed by atoms with Gasteiger partial charge in [-0.15, -0.1) is 0 Å². The number of ether oxygens (including phenoxy) is 2. The molecule has 0 heterocycles. The van der Waals surface area contributed by atoms with E-state index in [-0.39, 0.29) is 17.0 Å². The molecule has 0 fully saturated rings. The summed E-state index contributed by atoms with van der Waals surface area (Å²) in [7, 11) is 0. The Morgan fingerprint density at radius 1 is 0.727 bits per heavy atom. The molecule has 0 aromatic heterocycles. The number of nitrogens with one attached hydrogen (secondary N) is 2. The number of benzene rings is 3. The standard InChI is InChI=1S/C23H17F3N2O5/c24-14-9-10-17(26)19(11-14)28-22(30)13-33-23(31)15-5-1-4-8-20(15)32-12-21(29)27-18-7-3-2-6-16(18)25/h1-11H,12-13H2,(H,27,29)(H,28,30). The van der Waals surface area contributed by atoms with Gasteiger partial charge in [-0.3, -0.25) is 9.59 Å². The second-order valence-corrected chi connectivity index (χ2v) is 6.56. The smallest absolute Gasteiger partial charge is 0.342 e. The van der Waals surface area contributed by atoms with Crippen LogP contribution in [0, 0.1) is 17.5 Å². The SMILES string of the molecule is O=C(COC(=O)c1ccccc1OCC(=O)Nc1ccccc1F)Nc1cc(F)ccc1F. The molecule has 0 unspecified atom stereocenters. The van der Waals surface area contributed by atoms with Crippen molar-refractivity contribution in [3.63, 3.8) is 0 Å². The molecule has 7 nitrogen and oxygen atoms in total. The molecule has 3 aromatic rings. The first-order chi connectivity index (χ1) is 15.8. The van der Waals surface area contributed by atoms with Crippen LogP contribution in [-0.4, -0.2) is 31.0 Å². The summed E-state index contributed by atoms with van der Waals surface area (Å²) >= 11 is 0. The van der Waals surface area contributed by atoms with Crippen molar-refractivity contribution in [1.82, 2.24) is 0 Å². The van der Waals surface area contributed by atoms with Gasteiger partial charge in [0.2, 0.25) is 0 Å². The number of hydrogen-bond acceptors (Lipinski definition) is 5. The molecule has 2 N–H and O–H groups in total. The fourth-order valence-electron chi connectivity index (χ4n) is 2.64. The molecule has 2 amide bonds. The second kappa shape index (κ2) is 10.8. The molecule has 0 bridgehead atoms. The van der Waals surface area contributed by atoms with Gasteiger partial charge in [-0.1, -0.05) is 24.3 Å². The topological polar surface area (TPSA) is 93.7 Å². The van der Waals surface area contributed by atoms with E-state index in [0.29, 0.717) is 0 Å². The van der Waals surface area contributed by atoms with Crippen molar-refractivity contribution >= 4 is 29.2 Å². The van der Waals surface area contributed by atoms with Gasteiger partial charge in [0.15, 0.2) is 13.2 Å². The van der Waals surface area contributed by atoms with Crippen molar-refractivity contribution in [3.05, 3.63) is 89.7 Å². The highest BCUT2D eigenvalue weighted by molar-refractivity contribution is 5.97. The number of anilines is 2. The van der Waals surface area contributed by atoms with Crippen molar-refractivity contribution in [2.45, 2.75) is 0 Å². The Labute approximate surface area is 186 Å². The van der Waals surface area contributed by atoms with E-state index in [0.717, 1.165) is 18.2 Å². The molecule has 0 aliphatic carbocycles. The summed E-state index contributed by atoms with van der Waals surface area (Å²) in [6.45, 7) is -1.31. The van der Waals surface area contributed by atoms with Crippen LogP contribution in [0.3, 0.4) is 0 Å². The van der Waals surface area contributed by atoms with Gasteiger partial charge in [0.05, 0.1) is 11.4 Å². The fourth-order valence-corrected chi connectivity index (χ4v) is 2.64. The van der Waals surface area contributed by atoms with Crippen molar-refractivity contribution in [1.29, 1.82) is 0 Å². The zero-order valence-electron chi connectivity index (χ0n) is 16.9. The van der Waals surface area contributed by atoms with E-state index in [1.165, 1.54) is 36.4 Å². The molecule has 170 valence electrons. The van der Waals surface area contributed by atoms with Crippen LogP contribution in [0.15, 0.2) is 66.7 Å².